The van der Waals surface area contributed by atoms with Crippen LogP contribution in [0.25, 0.3) is 0 Å². The molecular formula is C21H28N4OS. The highest BCUT2D eigenvalue weighted by molar-refractivity contribution is 7.13. The van der Waals surface area contributed by atoms with Gasteiger partial charge < -0.3 is 10.2 Å². The van der Waals surface area contributed by atoms with E-state index < -0.39 is 0 Å². The summed E-state index contributed by atoms with van der Waals surface area (Å²) >= 11 is 1.58. The summed E-state index contributed by atoms with van der Waals surface area (Å²) in [4.78, 5) is 24.2. The molecule has 1 aliphatic heterocycles. The third-order valence-corrected chi connectivity index (χ3v) is 6.45. The number of nitrogens with one attached hydrogen (secondary N) is 1. The van der Waals surface area contributed by atoms with Gasteiger partial charge >= 0.3 is 0 Å². The summed E-state index contributed by atoms with van der Waals surface area (Å²) in [6.45, 7) is 2.88. The van der Waals surface area contributed by atoms with Crippen LogP contribution < -0.4 is 5.32 Å². The minimum atomic E-state index is 0.109. The van der Waals surface area contributed by atoms with Crippen LogP contribution in [0.2, 0.25) is 0 Å². The fourth-order valence-electron chi connectivity index (χ4n) is 4.47. The predicted molar refractivity (Wildman–Crippen MR) is 109 cm³/mol. The molecule has 1 amide bonds. The van der Waals surface area contributed by atoms with Gasteiger partial charge in [0.1, 0.15) is 0 Å². The number of carbonyl (C=O) groups is 1. The summed E-state index contributed by atoms with van der Waals surface area (Å²) in [6, 6.07) is 4.23. The number of carbonyl (C=O) groups excluding carboxylic acids is 1. The molecule has 0 unspecified atom stereocenters. The maximum absolute atomic E-state index is 13.0. The van der Waals surface area contributed by atoms with Crippen LogP contribution in [0.15, 0.2) is 23.7 Å². The number of nitrogens with zero attached hydrogens (tertiary/aromatic N) is 3. The second kappa shape index (κ2) is 8.38. The number of aromatic nitrogens is 2. The fraction of sp³-hybridized carbons (Fsp3) is 0.571. The molecule has 0 spiro atoms. The van der Waals surface area contributed by atoms with Gasteiger partial charge in [-0.15, -0.1) is 11.3 Å². The van der Waals surface area contributed by atoms with Gasteiger partial charge in [0.25, 0.3) is 0 Å². The van der Waals surface area contributed by atoms with Crippen LogP contribution in [0.5, 0.6) is 0 Å². The molecule has 1 saturated carbocycles. The van der Waals surface area contributed by atoms with E-state index in [0.717, 1.165) is 41.6 Å². The van der Waals surface area contributed by atoms with Gasteiger partial charge in [-0.3, -0.25) is 9.78 Å². The van der Waals surface area contributed by atoms with Gasteiger partial charge in [-0.25, -0.2) is 4.98 Å². The van der Waals surface area contributed by atoms with Crippen molar-refractivity contribution >= 4 is 28.1 Å². The van der Waals surface area contributed by atoms with Gasteiger partial charge in [0.05, 0.1) is 11.7 Å². The molecule has 1 saturated heterocycles. The summed E-state index contributed by atoms with van der Waals surface area (Å²) in [5, 5.41) is 6.20. The van der Waals surface area contributed by atoms with Crippen LogP contribution in [0.1, 0.15) is 68.8 Å². The lowest BCUT2D eigenvalue weighted by molar-refractivity contribution is -0.133. The Bertz CT molecular complexity index is 770. The lowest BCUT2D eigenvalue weighted by Gasteiger charge is -2.28. The van der Waals surface area contributed by atoms with E-state index in [-0.39, 0.29) is 6.04 Å². The third kappa shape index (κ3) is 4.49. The molecule has 4 rings (SSSR count). The minimum absolute atomic E-state index is 0.109. The van der Waals surface area contributed by atoms with E-state index in [2.05, 4.69) is 21.3 Å². The molecule has 1 aliphatic carbocycles. The SMILES string of the molecule is Cc1cc(Nc2nccs2)cc([C@@H]2CCCN2C(=O)CC2CCCCC2)n1. The Balaban J connectivity index is 1.49. The summed E-state index contributed by atoms with van der Waals surface area (Å²) in [5.74, 6) is 0.905. The first-order valence-corrected chi connectivity index (χ1v) is 11.0. The van der Waals surface area contributed by atoms with Gasteiger partial charge in [-0.1, -0.05) is 19.3 Å². The van der Waals surface area contributed by atoms with Crippen LogP contribution >= 0.6 is 11.3 Å². The molecule has 0 radical (unpaired) electrons. The van der Waals surface area contributed by atoms with E-state index in [1.165, 1.54) is 32.1 Å². The normalized spacial score (nSPS) is 20.8. The van der Waals surface area contributed by atoms with Crippen molar-refractivity contribution in [3.05, 3.63) is 35.1 Å². The Morgan fingerprint density at radius 2 is 2.07 bits per heavy atom. The second-order valence-electron chi connectivity index (χ2n) is 7.84. The lowest BCUT2D eigenvalue weighted by atomic mass is 9.86. The minimum Gasteiger partial charge on any atom is -0.334 e. The highest BCUT2D eigenvalue weighted by atomic mass is 32.1. The molecule has 2 fully saturated rings. The van der Waals surface area contributed by atoms with E-state index >= 15 is 0 Å². The van der Waals surface area contributed by atoms with E-state index in [0.29, 0.717) is 18.2 Å². The number of anilines is 2. The van der Waals surface area contributed by atoms with E-state index in [4.69, 9.17) is 4.98 Å². The number of likely N-dealkylation sites (tertiary alicyclic amines) is 1. The molecule has 2 aromatic heterocycles. The van der Waals surface area contributed by atoms with Crippen LogP contribution in [0.4, 0.5) is 10.8 Å². The highest BCUT2D eigenvalue weighted by Crippen LogP contribution is 2.35. The molecule has 6 heteroatoms. The molecule has 27 heavy (non-hydrogen) atoms. The third-order valence-electron chi connectivity index (χ3n) is 5.76. The zero-order valence-electron chi connectivity index (χ0n) is 16.0. The Kier molecular flexibility index (Phi) is 5.72. The molecule has 0 aromatic carbocycles. The monoisotopic (exact) mass is 384 g/mol. The molecule has 3 heterocycles. The lowest BCUT2D eigenvalue weighted by Crippen LogP contribution is -2.32. The van der Waals surface area contributed by atoms with Crippen molar-refractivity contribution in [3.63, 3.8) is 0 Å². The van der Waals surface area contributed by atoms with Crippen LogP contribution in [0, 0.1) is 12.8 Å². The molecule has 1 N–H and O–H groups in total. The van der Waals surface area contributed by atoms with E-state index in [1.807, 2.05) is 18.4 Å². The van der Waals surface area contributed by atoms with Gasteiger partial charge in [-0.05, 0) is 50.7 Å². The topological polar surface area (TPSA) is 58.1 Å². The molecule has 0 bridgehead atoms. The van der Waals surface area contributed by atoms with Gasteiger partial charge in [0, 0.05) is 35.9 Å². The molecule has 2 aromatic rings. The largest absolute Gasteiger partial charge is 0.334 e. The Labute approximate surface area is 165 Å². The first-order valence-electron chi connectivity index (χ1n) is 10.1. The van der Waals surface area contributed by atoms with E-state index in [9.17, 15) is 4.79 Å². The van der Waals surface area contributed by atoms with Gasteiger partial charge in [-0.2, -0.15) is 0 Å². The zero-order valence-corrected chi connectivity index (χ0v) is 16.8. The van der Waals surface area contributed by atoms with Crippen LogP contribution in [0.3, 0.4) is 0 Å². The number of pyridine rings is 1. The first-order chi connectivity index (χ1) is 13.2. The standard InChI is InChI=1S/C21H28N4OS/c1-15-12-17(24-21-22-9-11-27-21)14-18(23-15)19-8-5-10-25(19)20(26)13-16-6-3-2-4-7-16/h9,11-12,14,16,19H,2-8,10,13H2,1H3,(H,22,23,24)/t19-/m0/s1. The maximum atomic E-state index is 13.0. The number of amides is 1. The van der Waals surface area contributed by atoms with Crippen molar-refractivity contribution in [2.45, 2.75) is 64.3 Å². The molecule has 2 aliphatic rings. The fourth-order valence-corrected chi connectivity index (χ4v) is 5.02. The van der Waals surface area contributed by atoms with Crippen LogP contribution in [-0.2, 0) is 4.79 Å². The number of hydrogen-bond donors (Lipinski definition) is 1. The quantitative estimate of drug-likeness (QED) is 0.767. The average molecular weight is 385 g/mol. The maximum Gasteiger partial charge on any atom is 0.223 e. The molecule has 5 nitrogen and oxygen atoms in total. The number of thiazole rings is 1. The van der Waals surface area contributed by atoms with Crippen LogP contribution in [-0.4, -0.2) is 27.3 Å². The molecule has 1 atom stereocenters. The summed E-state index contributed by atoms with van der Waals surface area (Å²) in [7, 11) is 0. The highest BCUT2D eigenvalue weighted by Gasteiger charge is 2.32. The number of hydrogen-bond acceptors (Lipinski definition) is 5. The van der Waals surface area contributed by atoms with Crippen molar-refractivity contribution in [2.75, 3.05) is 11.9 Å². The Morgan fingerprint density at radius 3 is 2.85 bits per heavy atom. The Hall–Kier alpha value is -1.95. The smallest absolute Gasteiger partial charge is 0.223 e. The van der Waals surface area contributed by atoms with Gasteiger partial charge in [0.15, 0.2) is 5.13 Å². The van der Waals surface area contributed by atoms with Gasteiger partial charge in [0.2, 0.25) is 5.91 Å². The van der Waals surface area contributed by atoms with Crippen molar-refractivity contribution < 1.29 is 4.79 Å². The zero-order chi connectivity index (χ0) is 18.6. The number of rotatable bonds is 5. The first kappa shape index (κ1) is 18.4. The van der Waals surface area contributed by atoms with Crippen molar-refractivity contribution in [2.24, 2.45) is 5.92 Å². The van der Waals surface area contributed by atoms with E-state index in [1.54, 1.807) is 17.5 Å². The predicted octanol–water partition coefficient (Wildman–Crippen LogP) is 5.22. The summed E-state index contributed by atoms with van der Waals surface area (Å²) < 4.78 is 0. The molecule has 144 valence electrons. The van der Waals surface area contributed by atoms with Crippen molar-refractivity contribution in [1.29, 1.82) is 0 Å². The number of aryl methyl sites for hydroxylation is 1. The Morgan fingerprint density at radius 1 is 1.22 bits per heavy atom. The summed E-state index contributed by atoms with van der Waals surface area (Å²) in [6.07, 6.45) is 10.9. The van der Waals surface area contributed by atoms with Crippen molar-refractivity contribution in [3.8, 4) is 0 Å². The second-order valence-corrected chi connectivity index (χ2v) is 8.73. The molecular weight excluding hydrogens is 356 g/mol. The average Bonchev–Trinajstić information content (AvgIpc) is 3.34. The summed E-state index contributed by atoms with van der Waals surface area (Å²) in [5.41, 5.74) is 2.97. The van der Waals surface area contributed by atoms with Crippen molar-refractivity contribution in [1.82, 2.24) is 14.9 Å².